The van der Waals surface area contributed by atoms with Crippen molar-refractivity contribution < 1.29 is 0 Å². The van der Waals surface area contributed by atoms with E-state index in [1.165, 1.54) is 11.1 Å². The fourth-order valence-corrected chi connectivity index (χ4v) is 2.84. The van der Waals surface area contributed by atoms with Crippen LogP contribution in [0.2, 0.25) is 0 Å². The van der Waals surface area contributed by atoms with Gasteiger partial charge in [-0.3, -0.25) is 0 Å². The normalized spacial score (nSPS) is 10.5. The summed E-state index contributed by atoms with van der Waals surface area (Å²) in [6.45, 7) is 4.89. The first-order valence-electron chi connectivity index (χ1n) is 8.61. The van der Waals surface area contributed by atoms with Crippen LogP contribution in [0, 0.1) is 6.92 Å². The van der Waals surface area contributed by atoms with Crippen LogP contribution in [-0.2, 0) is 13.0 Å². The van der Waals surface area contributed by atoms with Gasteiger partial charge in [-0.25, -0.2) is 9.97 Å². The first kappa shape index (κ1) is 17.0. The molecule has 0 aliphatic heterocycles. The fraction of sp³-hybridized carbons (Fsp3) is 0.238. The number of aromatic nitrogens is 2. The fourth-order valence-electron chi connectivity index (χ4n) is 2.84. The molecule has 0 atom stereocenters. The summed E-state index contributed by atoms with van der Waals surface area (Å²) in [7, 11) is 2.05. The number of para-hydroxylation sites is 1. The highest BCUT2D eigenvalue weighted by atomic mass is 15.2. The minimum atomic E-state index is 0.758. The van der Waals surface area contributed by atoms with Crippen molar-refractivity contribution in [3.63, 3.8) is 0 Å². The molecule has 1 aromatic heterocycles. The lowest BCUT2D eigenvalue weighted by Gasteiger charge is -2.20. The molecule has 4 heteroatoms. The topological polar surface area (TPSA) is 41.0 Å². The molecule has 0 saturated heterocycles. The van der Waals surface area contributed by atoms with Crippen LogP contribution >= 0.6 is 0 Å². The van der Waals surface area contributed by atoms with E-state index in [0.29, 0.717) is 0 Å². The Kier molecular flexibility index (Phi) is 5.29. The highest BCUT2D eigenvalue weighted by Gasteiger charge is 2.09. The molecule has 3 rings (SSSR count). The van der Waals surface area contributed by atoms with E-state index in [4.69, 9.17) is 0 Å². The molecule has 0 saturated carbocycles. The lowest BCUT2D eigenvalue weighted by molar-refractivity contribution is 0.880. The maximum Gasteiger partial charge on any atom is 0.136 e. The van der Waals surface area contributed by atoms with E-state index in [1.807, 2.05) is 25.1 Å². The molecule has 0 aliphatic carbocycles. The second kappa shape index (κ2) is 7.79. The van der Waals surface area contributed by atoms with Crippen LogP contribution < -0.4 is 10.2 Å². The van der Waals surface area contributed by atoms with E-state index >= 15 is 0 Å². The van der Waals surface area contributed by atoms with Gasteiger partial charge in [0.05, 0.1) is 0 Å². The summed E-state index contributed by atoms with van der Waals surface area (Å²) in [6.07, 6.45) is 0.980. The van der Waals surface area contributed by atoms with Crippen LogP contribution in [0.15, 0.2) is 60.7 Å². The monoisotopic (exact) mass is 332 g/mol. The summed E-state index contributed by atoms with van der Waals surface area (Å²) in [5.41, 5.74) is 3.63. The highest BCUT2D eigenvalue weighted by molar-refractivity contribution is 5.63. The van der Waals surface area contributed by atoms with Crippen molar-refractivity contribution in [3.05, 3.63) is 77.6 Å². The smallest absolute Gasteiger partial charge is 0.136 e. The lowest BCUT2D eigenvalue weighted by atomic mass is 10.1. The number of anilines is 3. The van der Waals surface area contributed by atoms with Gasteiger partial charge in [-0.15, -0.1) is 0 Å². The molecule has 1 N–H and O–H groups in total. The molecule has 2 aromatic carbocycles. The standard InChI is InChI=1S/C21H24N4/c1-4-18-12-8-9-13-19(18)24-20-14-21(23-16(2)22-20)25(3)15-17-10-6-5-7-11-17/h5-14H,4,15H2,1-3H3,(H,22,23,24). The van der Waals surface area contributed by atoms with Crippen molar-refractivity contribution in [1.29, 1.82) is 0 Å². The zero-order chi connectivity index (χ0) is 17.6. The first-order chi connectivity index (χ1) is 12.2. The van der Waals surface area contributed by atoms with Crippen molar-refractivity contribution in [2.45, 2.75) is 26.8 Å². The molecule has 0 aliphatic rings. The predicted octanol–water partition coefficient (Wildman–Crippen LogP) is 4.73. The predicted molar refractivity (Wildman–Crippen MR) is 104 cm³/mol. The third-order valence-electron chi connectivity index (χ3n) is 4.14. The van der Waals surface area contributed by atoms with Crippen molar-refractivity contribution >= 4 is 17.3 Å². The molecule has 0 spiro atoms. The molecule has 0 fully saturated rings. The summed E-state index contributed by atoms with van der Waals surface area (Å²) >= 11 is 0. The minimum Gasteiger partial charge on any atom is -0.355 e. The Morgan fingerprint density at radius 2 is 1.68 bits per heavy atom. The Balaban J connectivity index is 1.82. The molecule has 0 radical (unpaired) electrons. The van der Waals surface area contributed by atoms with Gasteiger partial charge in [0.2, 0.25) is 0 Å². The van der Waals surface area contributed by atoms with Gasteiger partial charge in [-0.05, 0) is 30.5 Å². The van der Waals surface area contributed by atoms with E-state index in [0.717, 1.165) is 36.1 Å². The molecule has 1 heterocycles. The molecule has 3 aromatic rings. The highest BCUT2D eigenvalue weighted by Crippen LogP contribution is 2.23. The van der Waals surface area contributed by atoms with Gasteiger partial charge in [-0.1, -0.05) is 55.5 Å². The second-order valence-corrected chi connectivity index (χ2v) is 6.14. The van der Waals surface area contributed by atoms with E-state index in [1.54, 1.807) is 0 Å². The Bertz CT molecular complexity index is 830. The maximum absolute atomic E-state index is 4.59. The van der Waals surface area contributed by atoms with E-state index < -0.39 is 0 Å². The number of nitrogens with one attached hydrogen (secondary N) is 1. The molecular weight excluding hydrogens is 308 g/mol. The molecule has 0 unspecified atom stereocenters. The van der Waals surface area contributed by atoms with Gasteiger partial charge in [0.25, 0.3) is 0 Å². The van der Waals surface area contributed by atoms with Crippen LogP contribution in [0.3, 0.4) is 0 Å². The average molecular weight is 332 g/mol. The third kappa shape index (κ3) is 4.35. The summed E-state index contributed by atoms with van der Waals surface area (Å²) in [6, 6.07) is 20.7. The van der Waals surface area contributed by atoms with Crippen molar-refractivity contribution in [3.8, 4) is 0 Å². The zero-order valence-corrected chi connectivity index (χ0v) is 15.0. The Morgan fingerprint density at radius 3 is 2.44 bits per heavy atom. The van der Waals surface area contributed by atoms with Crippen molar-refractivity contribution in [2.75, 3.05) is 17.3 Å². The van der Waals surface area contributed by atoms with Gasteiger partial charge >= 0.3 is 0 Å². The first-order valence-corrected chi connectivity index (χ1v) is 8.61. The van der Waals surface area contributed by atoms with Crippen LogP contribution in [0.5, 0.6) is 0 Å². The summed E-state index contributed by atoms with van der Waals surface area (Å²) in [5.74, 6) is 2.49. The van der Waals surface area contributed by atoms with Gasteiger partial charge in [0.1, 0.15) is 17.5 Å². The van der Waals surface area contributed by atoms with E-state index in [2.05, 4.69) is 76.6 Å². The Morgan fingerprint density at radius 1 is 0.960 bits per heavy atom. The quantitative estimate of drug-likeness (QED) is 0.708. The summed E-state index contributed by atoms with van der Waals surface area (Å²) < 4.78 is 0. The van der Waals surface area contributed by atoms with Crippen LogP contribution in [0.4, 0.5) is 17.3 Å². The molecule has 128 valence electrons. The minimum absolute atomic E-state index is 0.758. The number of hydrogen-bond donors (Lipinski definition) is 1. The van der Waals surface area contributed by atoms with Crippen LogP contribution in [0.25, 0.3) is 0 Å². The van der Waals surface area contributed by atoms with E-state index in [9.17, 15) is 0 Å². The molecule has 0 bridgehead atoms. The van der Waals surface area contributed by atoms with Crippen LogP contribution in [0.1, 0.15) is 23.9 Å². The van der Waals surface area contributed by atoms with Gasteiger partial charge < -0.3 is 10.2 Å². The summed E-state index contributed by atoms with van der Waals surface area (Å²) in [5, 5.41) is 3.45. The number of benzene rings is 2. The van der Waals surface area contributed by atoms with Crippen LogP contribution in [-0.4, -0.2) is 17.0 Å². The molecule has 4 nitrogen and oxygen atoms in total. The number of hydrogen-bond acceptors (Lipinski definition) is 4. The number of aryl methyl sites for hydroxylation is 2. The third-order valence-corrected chi connectivity index (χ3v) is 4.14. The Labute approximate surface area is 149 Å². The lowest BCUT2D eigenvalue weighted by Crippen LogP contribution is -2.18. The maximum atomic E-state index is 4.59. The SMILES string of the molecule is CCc1ccccc1Nc1cc(N(C)Cc2ccccc2)nc(C)n1. The molecule has 25 heavy (non-hydrogen) atoms. The molecule has 0 amide bonds. The van der Waals surface area contributed by atoms with E-state index in [-0.39, 0.29) is 0 Å². The zero-order valence-electron chi connectivity index (χ0n) is 15.0. The Hall–Kier alpha value is -2.88. The summed E-state index contributed by atoms with van der Waals surface area (Å²) in [4.78, 5) is 11.3. The van der Waals surface area contributed by atoms with Gasteiger partial charge in [0.15, 0.2) is 0 Å². The van der Waals surface area contributed by atoms with Gasteiger partial charge in [0, 0.05) is 25.3 Å². The molecular formula is C21H24N4. The largest absolute Gasteiger partial charge is 0.355 e. The second-order valence-electron chi connectivity index (χ2n) is 6.14. The van der Waals surface area contributed by atoms with Crippen molar-refractivity contribution in [1.82, 2.24) is 9.97 Å². The van der Waals surface area contributed by atoms with Gasteiger partial charge in [-0.2, -0.15) is 0 Å². The number of nitrogens with zero attached hydrogens (tertiary/aromatic N) is 3. The average Bonchev–Trinajstić information content (AvgIpc) is 2.62. The number of rotatable bonds is 6. The van der Waals surface area contributed by atoms with Crippen molar-refractivity contribution in [2.24, 2.45) is 0 Å².